The minimum Gasteiger partial charge on any atom is -0.481 e. The third kappa shape index (κ3) is 5.85. The van der Waals surface area contributed by atoms with Gasteiger partial charge < -0.3 is 26.0 Å². The summed E-state index contributed by atoms with van der Waals surface area (Å²) in [5.74, 6) is 0.0955. The Morgan fingerprint density at radius 3 is 2.29 bits per heavy atom. The molecule has 5 rings (SSSR count). The lowest BCUT2D eigenvalue weighted by Crippen LogP contribution is -2.39. The Kier molecular flexibility index (Phi) is 7.98. The molecular weight excluding hydrogens is 480 g/mol. The Hall–Kier alpha value is -3.39. The number of carbonyl (C=O) groups excluding carboxylic acids is 2. The molecule has 0 bridgehead atoms. The van der Waals surface area contributed by atoms with Crippen LogP contribution in [0.15, 0.2) is 48.5 Å². The molecule has 0 unspecified atom stereocenters. The fraction of sp³-hybridized carbons (Fsp3) is 0.500. The maximum Gasteiger partial charge on any atom is 0.305 e. The lowest BCUT2D eigenvalue weighted by atomic mass is 9.79. The van der Waals surface area contributed by atoms with Gasteiger partial charge >= 0.3 is 5.97 Å². The fourth-order valence-electron chi connectivity index (χ4n) is 6.12. The largest absolute Gasteiger partial charge is 0.481 e. The van der Waals surface area contributed by atoms with Gasteiger partial charge in [-0.05, 0) is 87.2 Å². The molecule has 0 radical (unpaired) electrons. The predicted octanol–water partition coefficient (Wildman–Crippen LogP) is 3.78. The average molecular weight is 519 g/mol. The lowest BCUT2D eigenvalue weighted by molar-refractivity contribution is -0.136. The monoisotopic (exact) mass is 518 g/mol. The van der Waals surface area contributed by atoms with Crippen molar-refractivity contribution in [2.24, 2.45) is 11.8 Å². The van der Waals surface area contributed by atoms with Crippen molar-refractivity contribution in [1.82, 2.24) is 10.6 Å². The molecule has 202 valence electrons. The van der Waals surface area contributed by atoms with Crippen molar-refractivity contribution in [1.29, 1.82) is 0 Å². The molecule has 1 aliphatic carbocycles. The van der Waals surface area contributed by atoms with Crippen molar-refractivity contribution in [2.45, 2.75) is 50.4 Å². The summed E-state index contributed by atoms with van der Waals surface area (Å²) in [7, 11) is 0. The molecule has 2 aromatic rings. The van der Waals surface area contributed by atoms with E-state index in [2.05, 4.69) is 20.9 Å². The van der Waals surface area contributed by atoms with Crippen molar-refractivity contribution in [3.8, 4) is 0 Å². The standard InChI is InChI=1S/C30H38N4O4/c35-27(36)10-17-32-28(37)25-7-6-24(34-18-11-22(12-19-34)21-8-15-31-16-9-21)20-26(25)33-29(38)30(13-14-30)23-4-2-1-3-5-23/h1-7,20-22,31H,8-19H2,(H,32,37)(H,33,38)(H,35,36). The van der Waals surface area contributed by atoms with Gasteiger partial charge in [0.05, 0.1) is 23.1 Å². The molecule has 3 aliphatic rings. The van der Waals surface area contributed by atoms with E-state index in [1.54, 1.807) is 6.07 Å². The second-order valence-electron chi connectivity index (χ2n) is 10.9. The minimum atomic E-state index is -0.972. The van der Waals surface area contributed by atoms with E-state index < -0.39 is 11.4 Å². The van der Waals surface area contributed by atoms with Crippen LogP contribution in [-0.4, -0.2) is 55.6 Å². The number of nitrogens with one attached hydrogen (secondary N) is 3. The Labute approximate surface area is 224 Å². The van der Waals surface area contributed by atoms with Crippen LogP contribution in [0.1, 0.15) is 60.9 Å². The molecule has 0 spiro atoms. The summed E-state index contributed by atoms with van der Waals surface area (Å²) in [6.45, 7) is 4.18. The van der Waals surface area contributed by atoms with Crippen LogP contribution in [0.5, 0.6) is 0 Å². The first-order chi connectivity index (χ1) is 18.5. The zero-order chi connectivity index (χ0) is 26.5. The van der Waals surface area contributed by atoms with Crippen LogP contribution in [-0.2, 0) is 15.0 Å². The van der Waals surface area contributed by atoms with Gasteiger partial charge in [-0.2, -0.15) is 0 Å². The summed E-state index contributed by atoms with van der Waals surface area (Å²) < 4.78 is 0. The first kappa shape index (κ1) is 26.2. The molecule has 38 heavy (non-hydrogen) atoms. The Morgan fingerprint density at radius 2 is 1.63 bits per heavy atom. The second-order valence-corrected chi connectivity index (χ2v) is 10.9. The molecule has 3 fully saturated rings. The predicted molar refractivity (Wildman–Crippen MR) is 148 cm³/mol. The SMILES string of the molecule is O=C(O)CCNC(=O)c1ccc(N2CCC(C3CCNCC3)CC2)cc1NC(=O)C1(c2ccccc2)CC1. The molecule has 8 nitrogen and oxygen atoms in total. The van der Waals surface area contributed by atoms with E-state index in [4.69, 9.17) is 5.11 Å². The van der Waals surface area contributed by atoms with E-state index >= 15 is 0 Å². The van der Waals surface area contributed by atoms with E-state index in [1.165, 1.54) is 12.8 Å². The third-order valence-corrected chi connectivity index (χ3v) is 8.59. The number of piperidine rings is 2. The van der Waals surface area contributed by atoms with Crippen LogP contribution in [0.4, 0.5) is 11.4 Å². The van der Waals surface area contributed by atoms with Gasteiger partial charge in [0.25, 0.3) is 5.91 Å². The van der Waals surface area contributed by atoms with Gasteiger partial charge in [-0.25, -0.2) is 0 Å². The Balaban J connectivity index is 1.33. The van der Waals surface area contributed by atoms with Crippen LogP contribution < -0.4 is 20.9 Å². The number of hydrogen-bond acceptors (Lipinski definition) is 5. The normalized spacial score (nSPS) is 19.5. The number of benzene rings is 2. The molecule has 2 heterocycles. The molecular formula is C30H38N4O4. The smallest absolute Gasteiger partial charge is 0.305 e. The van der Waals surface area contributed by atoms with Crippen molar-refractivity contribution in [3.05, 3.63) is 59.7 Å². The van der Waals surface area contributed by atoms with Crippen molar-refractivity contribution in [2.75, 3.05) is 42.9 Å². The molecule has 2 saturated heterocycles. The van der Waals surface area contributed by atoms with E-state index in [1.807, 2.05) is 42.5 Å². The van der Waals surface area contributed by atoms with Crippen molar-refractivity contribution < 1.29 is 19.5 Å². The van der Waals surface area contributed by atoms with Gasteiger partial charge in [-0.3, -0.25) is 14.4 Å². The molecule has 2 amide bonds. The highest BCUT2D eigenvalue weighted by atomic mass is 16.4. The van der Waals surface area contributed by atoms with Gasteiger partial charge in [0.1, 0.15) is 0 Å². The molecule has 8 heteroatoms. The summed E-state index contributed by atoms with van der Waals surface area (Å²) in [5, 5.41) is 18.2. The van der Waals surface area contributed by atoms with E-state index in [9.17, 15) is 14.4 Å². The number of hydrogen-bond donors (Lipinski definition) is 4. The molecule has 4 N–H and O–H groups in total. The van der Waals surface area contributed by atoms with Gasteiger partial charge in [0, 0.05) is 25.3 Å². The topological polar surface area (TPSA) is 111 Å². The van der Waals surface area contributed by atoms with E-state index in [0.717, 1.165) is 74.9 Å². The number of carbonyl (C=O) groups is 3. The average Bonchev–Trinajstić information content (AvgIpc) is 3.76. The zero-order valence-corrected chi connectivity index (χ0v) is 21.9. The van der Waals surface area contributed by atoms with Crippen LogP contribution in [0, 0.1) is 11.8 Å². The molecule has 0 atom stereocenters. The Bertz CT molecular complexity index is 1150. The highest BCUT2D eigenvalue weighted by Crippen LogP contribution is 2.49. The molecule has 2 aliphatic heterocycles. The van der Waals surface area contributed by atoms with Crippen molar-refractivity contribution in [3.63, 3.8) is 0 Å². The van der Waals surface area contributed by atoms with Crippen molar-refractivity contribution >= 4 is 29.2 Å². The number of nitrogens with zero attached hydrogens (tertiary/aromatic N) is 1. The van der Waals surface area contributed by atoms with Gasteiger partial charge in [0.15, 0.2) is 0 Å². The van der Waals surface area contributed by atoms with Gasteiger partial charge in [-0.1, -0.05) is 30.3 Å². The fourth-order valence-corrected chi connectivity index (χ4v) is 6.12. The Morgan fingerprint density at radius 1 is 0.947 bits per heavy atom. The lowest BCUT2D eigenvalue weighted by Gasteiger charge is -2.39. The summed E-state index contributed by atoms with van der Waals surface area (Å²) in [6.07, 6.45) is 6.21. The molecule has 2 aromatic carbocycles. The first-order valence-electron chi connectivity index (χ1n) is 13.9. The van der Waals surface area contributed by atoms with E-state index in [-0.39, 0.29) is 24.8 Å². The van der Waals surface area contributed by atoms with Crippen LogP contribution in [0.2, 0.25) is 0 Å². The van der Waals surface area contributed by atoms with Crippen LogP contribution in [0.3, 0.4) is 0 Å². The number of rotatable bonds is 9. The quantitative estimate of drug-likeness (QED) is 0.402. The molecule has 0 aromatic heterocycles. The zero-order valence-electron chi connectivity index (χ0n) is 21.9. The van der Waals surface area contributed by atoms with Crippen LogP contribution >= 0.6 is 0 Å². The van der Waals surface area contributed by atoms with Gasteiger partial charge in [0.2, 0.25) is 5.91 Å². The second kappa shape index (κ2) is 11.6. The van der Waals surface area contributed by atoms with E-state index in [0.29, 0.717) is 11.3 Å². The number of carboxylic acid groups (broad SMARTS) is 1. The summed E-state index contributed by atoms with van der Waals surface area (Å²) in [4.78, 5) is 39.8. The number of amides is 2. The number of carboxylic acids is 1. The highest BCUT2D eigenvalue weighted by Gasteiger charge is 2.51. The van der Waals surface area contributed by atoms with Crippen LogP contribution in [0.25, 0.3) is 0 Å². The summed E-state index contributed by atoms with van der Waals surface area (Å²) in [5.41, 5.74) is 2.24. The first-order valence-corrected chi connectivity index (χ1v) is 13.9. The summed E-state index contributed by atoms with van der Waals surface area (Å²) >= 11 is 0. The third-order valence-electron chi connectivity index (χ3n) is 8.59. The van der Waals surface area contributed by atoms with Gasteiger partial charge in [-0.15, -0.1) is 0 Å². The minimum absolute atomic E-state index is 0.0292. The number of aliphatic carboxylic acids is 1. The summed E-state index contributed by atoms with van der Waals surface area (Å²) in [6, 6.07) is 15.4. The maximum absolute atomic E-state index is 13.5. The number of anilines is 2. The molecule has 1 saturated carbocycles. The highest BCUT2D eigenvalue weighted by molar-refractivity contribution is 6.08. The maximum atomic E-state index is 13.5.